The van der Waals surface area contributed by atoms with E-state index >= 15 is 0 Å². The number of carbonyl (C=O) groups excluding carboxylic acids is 1. The number of hydrogen-bond acceptors (Lipinski definition) is 5. The highest BCUT2D eigenvalue weighted by Crippen LogP contribution is 2.29. The second-order valence-electron chi connectivity index (χ2n) is 7.44. The molecule has 3 aromatic rings. The fraction of sp³-hybridized carbons (Fsp3) is 0.333. The van der Waals surface area contributed by atoms with Crippen molar-refractivity contribution >= 4 is 18.3 Å². The van der Waals surface area contributed by atoms with Gasteiger partial charge in [-0.15, -0.1) is 17.5 Å². The van der Waals surface area contributed by atoms with E-state index in [4.69, 9.17) is 5.73 Å². The first-order valence-corrected chi connectivity index (χ1v) is 9.61. The van der Waals surface area contributed by atoms with Gasteiger partial charge in [0.05, 0.1) is 0 Å². The Morgan fingerprint density at radius 3 is 2.63 bits per heavy atom. The molecule has 4 rings (SSSR count). The maximum atomic E-state index is 13.7. The number of halogens is 2. The minimum atomic E-state index is -0.659. The Hall–Kier alpha value is -2.84. The predicted octanol–water partition coefficient (Wildman–Crippen LogP) is 2.28. The smallest absolute Gasteiger partial charge is 0.248 e. The van der Waals surface area contributed by atoms with Gasteiger partial charge in [-0.2, -0.15) is 0 Å². The summed E-state index contributed by atoms with van der Waals surface area (Å²) in [5.41, 5.74) is 8.20. The van der Waals surface area contributed by atoms with Gasteiger partial charge in [0.25, 0.3) is 0 Å². The van der Waals surface area contributed by atoms with Crippen LogP contribution in [0.4, 0.5) is 4.39 Å². The van der Waals surface area contributed by atoms with Crippen molar-refractivity contribution in [3.05, 3.63) is 77.4 Å². The van der Waals surface area contributed by atoms with E-state index < -0.39 is 6.04 Å². The zero-order valence-corrected chi connectivity index (χ0v) is 17.4. The van der Waals surface area contributed by atoms with E-state index in [0.717, 1.165) is 5.56 Å². The fourth-order valence-corrected chi connectivity index (χ4v) is 3.96. The van der Waals surface area contributed by atoms with Crippen molar-refractivity contribution in [2.24, 2.45) is 5.73 Å². The first kappa shape index (κ1) is 21.9. The van der Waals surface area contributed by atoms with Crippen LogP contribution in [0.1, 0.15) is 28.9 Å². The molecular weight excluding hydrogens is 407 g/mol. The van der Waals surface area contributed by atoms with Crippen LogP contribution in [0.5, 0.6) is 0 Å². The summed E-state index contributed by atoms with van der Waals surface area (Å²) in [5, 5.41) is 11.6. The van der Waals surface area contributed by atoms with Crippen molar-refractivity contribution in [3.8, 4) is 0 Å². The Morgan fingerprint density at radius 2 is 1.97 bits per heavy atom. The molecule has 1 amide bonds. The Morgan fingerprint density at radius 1 is 1.20 bits per heavy atom. The lowest BCUT2D eigenvalue weighted by molar-refractivity contribution is -0.134. The van der Waals surface area contributed by atoms with Crippen LogP contribution in [-0.4, -0.2) is 50.1 Å². The highest BCUT2D eigenvalue weighted by Gasteiger charge is 2.37. The van der Waals surface area contributed by atoms with Gasteiger partial charge < -0.3 is 10.6 Å². The average molecular weight is 431 g/mol. The normalized spacial score (nSPS) is 19.4. The van der Waals surface area contributed by atoms with Gasteiger partial charge in [0.2, 0.25) is 5.91 Å². The number of amides is 1. The van der Waals surface area contributed by atoms with Crippen LogP contribution < -0.4 is 5.73 Å². The van der Waals surface area contributed by atoms with Crippen molar-refractivity contribution in [3.63, 3.8) is 0 Å². The molecule has 1 aliphatic rings. The van der Waals surface area contributed by atoms with E-state index in [-0.39, 0.29) is 36.1 Å². The maximum Gasteiger partial charge on any atom is 0.248 e. The van der Waals surface area contributed by atoms with Crippen LogP contribution in [0.2, 0.25) is 0 Å². The third-order valence-corrected chi connectivity index (χ3v) is 5.46. The van der Waals surface area contributed by atoms with Gasteiger partial charge in [-0.3, -0.25) is 4.79 Å². The summed E-state index contributed by atoms with van der Waals surface area (Å²) in [6.45, 7) is 2.73. The zero-order chi connectivity index (χ0) is 20.4. The Labute approximate surface area is 180 Å². The molecule has 3 atom stereocenters. The fourth-order valence-electron chi connectivity index (χ4n) is 3.96. The number of likely N-dealkylation sites (tertiary alicyclic amines) is 1. The Bertz CT molecular complexity index is 998. The van der Waals surface area contributed by atoms with Crippen molar-refractivity contribution in [1.82, 2.24) is 25.1 Å². The van der Waals surface area contributed by atoms with Crippen LogP contribution in [0, 0.1) is 12.7 Å². The molecule has 7 nitrogen and oxygen atoms in total. The minimum Gasteiger partial charge on any atom is -0.339 e. The van der Waals surface area contributed by atoms with Crippen LogP contribution >= 0.6 is 12.4 Å². The number of nitrogens with two attached hydrogens (primary N) is 1. The van der Waals surface area contributed by atoms with Crippen molar-refractivity contribution in [1.29, 1.82) is 0 Å². The topological polar surface area (TPSA) is 89.9 Å². The number of tetrazole rings is 1. The largest absolute Gasteiger partial charge is 0.339 e. The van der Waals surface area contributed by atoms with E-state index in [9.17, 15) is 9.18 Å². The van der Waals surface area contributed by atoms with E-state index in [1.165, 1.54) is 16.8 Å². The summed E-state index contributed by atoms with van der Waals surface area (Å²) in [6.07, 6.45) is 0.296. The number of aryl methyl sites for hydroxylation is 1. The molecule has 2 heterocycles. The van der Waals surface area contributed by atoms with Crippen LogP contribution in [0.15, 0.2) is 54.6 Å². The number of benzene rings is 2. The summed E-state index contributed by atoms with van der Waals surface area (Å²) in [6, 6.07) is 15.4. The molecule has 1 unspecified atom stereocenters. The number of rotatable bonds is 5. The Kier molecular flexibility index (Phi) is 6.79. The maximum absolute atomic E-state index is 13.7. The van der Waals surface area contributed by atoms with Gasteiger partial charge in [-0.25, -0.2) is 9.07 Å². The van der Waals surface area contributed by atoms with Gasteiger partial charge in [0, 0.05) is 31.5 Å². The van der Waals surface area contributed by atoms with Gasteiger partial charge in [-0.05, 0) is 40.6 Å². The average Bonchev–Trinajstić information content (AvgIpc) is 3.32. The monoisotopic (exact) mass is 430 g/mol. The standard InChI is InChI=1S/C21H23FN6O.ClH/c1-14-24-25-26-28(14)20(11-15-6-5-9-17(22)10-15)21(29)27-12-18(19(23)13-27)16-7-3-2-4-8-16;/h2-10,18-20H,11-13,23H2,1H3;1H/t18-,19+,20?;/m0./s1. The van der Waals surface area contributed by atoms with Gasteiger partial charge in [-0.1, -0.05) is 42.5 Å². The van der Waals surface area contributed by atoms with E-state index in [2.05, 4.69) is 15.5 Å². The quantitative estimate of drug-likeness (QED) is 0.670. The Balaban J connectivity index is 0.00000256. The summed E-state index contributed by atoms with van der Waals surface area (Å²) >= 11 is 0. The summed E-state index contributed by atoms with van der Waals surface area (Å²) in [5.74, 6) is 0.154. The molecule has 0 aliphatic carbocycles. The van der Waals surface area contributed by atoms with Gasteiger partial charge >= 0.3 is 0 Å². The van der Waals surface area contributed by atoms with E-state index in [1.807, 2.05) is 30.3 Å². The van der Waals surface area contributed by atoms with E-state index in [0.29, 0.717) is 30.9 Å². The van der Waals surface area contributed by atoms with Gasteiger partial charge in [0.1, 0.15) is 17.7 Å². The minimum absolute atomic E-state index is 0. The zero-order valence-electron chi connectivity index (χ0n) is 16.6. The van der Waals surface area contributed by atoms with Crippen molar-refractivity contribution < 1.29 is 9.18 Å². The SMILES string of the molecule is Cc1nnnn1C(Cc1cccc(F)c1)C(=O)N1C[C@@H](N)[C@H](c2ccccc2)C1.Cl. The highest BCUT2D eigenvalue weighted by atomic mass is 35.5. The van der Waals surface area contributed by atoms with Crippen LogP contribution in [-0.2, 0) is 11.2 Å². The van der Waals surface area contributed by atoms with E-state index in [1.54, 1.807) is 24.0 Å². The third-order valence-electron chi connectivity index (χ3n) is 5.46. The second-order valence-corrected chi connectivity index (χ2v) is 7.44. The molecule has 2 aromatic carbocycles. The molecule has 0 spiro atoms. The number of aromatic nitrogens is 4. The van der Waals surface area contributed by atoms with Crippen molar-refractivity contribution in [2.45, 2.75) is 31.3 Å². The molecule has 30 heavy (non-hydrogen) atoms. The lowest BCUT2D eigenvalue weighted by atomic mass is 9.95. The molecule has 158 valence electrons. The lowest BCUT2D eigenvalue weighted by Gasteiger charge is -2.24. The number of carbonyl (C=O) groups is 1. The number of nitrogens with zero attached hydrogens (tertiary/aromatic N) is 5. The summed E-state index contributed by atoms with van der Waals surface area (Å²) in [4.78, 5) is 15.2. The molecule has 2 N–H and O–H groups in total. The summed E-state index contributed by atoms with van der Waals surface area (Å²) in [7, 11) is 0. The highest BCUT2D eigenvalue weighted by molar-refractivity contribution is 5.85. The molecule has 1 aromatic heterocycles. The van der Waals surface area contributed by atoms with Crippen LogP contribution in [0.3, 0.4) is 0 Å². The second kappa shape index (κ2) is 9.32. The molecule has 1 aliphatic heterocycles. The summed E-state index contributed by atoms with van der Waals surface area (Å²) < 4.78 is 15.2. The van der Waals surface area contributed by atoms with Gasteiger partial charge in [0.15, 0.2) is 0 Å². The van der Waals surface area contributed by atoms with Crippen LogP contribution in [0.25, 0.3) is 0 Å². The lowest BCUT2D eigenvalue weighted by Crippen LogP contribution is -2.39. The molecule has 0 radical (unpaired) electrons. The molecule has 0 saturated carbocycles. The van der Waals surface area contributed by atoms with Crippen molar-refractivity contribution in [2.75, 3.05) is 13.1 Å². The molecule has 0 bridgehead atoms. The molecule has 1 saturated heterocycles. The molecule has 1 fully saturated rings. The number of hydrogen-bond donors (Lipinski definition) is 1. The first-order valence-electron chi connectivity index (χ1n) is 9.61. The predicted molar refractivity (Wildman–Crippen MR) is 113 cm³/mol. The third kappa shape index (κ3) is 4.49. The molecular formula is C21H24ClFN6O. The molecule has 9 heteroatoms. The first-order chi connectivity index (χ1) is 14.0.